The number of benzene rings is 2. The summed E-state index contributed by atoms with van der Waals surface area (Å²) in [5.41, 5.74) is 4.11. The van der Waals surface area contributed by atoms with Gasteiger partial charge in [0, 0.05) is 0 Å². The van der Waals surface area contributed by atoms with E-state index in [1.807, 2.05) is 19.1 Å². The van der Waals surface area contributed by atoms with Crippen molar-refractivity contribution in [1.29, 1.82) is 0 Å². The first-order valence-corrected chi connectivity index (χ1v) is 9.03. The third kappa shape index (κ3) is 5.68. The monoisotopic (exact) mass is 326 g/mol. The molecule has 0 bridgehead atoms. The Bertz CT molecular complexity index is 604. The summed E-state index contributed by atoms with van der Waals surface area (Å²) in [4.78, 5) is 0. The maximum absolute atomic E-state index is 5.84. The molecule has 2 heteroatoms. The average Bonchev–Trinajstić information content (AvgIpc) is 2.60. The van der Waals surface area contributed by atoms with E-state index in [0.717, 1.165) is 25.0 Å². The molecular weight excluding hydrogens is 296 g/mol. The summed E-state index contributed by atoms with van der Waals surface area (Å²) >= 11 is 0. The van der Waals surface area contributed by atoms with E-state index in [9.17, 15) is 0 Å². The van der Waals surface area contributed by atoms with Crippen LogP contribution < -0.4 is 4.74 Å². The quantitative estimate of drug-likeness (QED) is 0.423. The molecule has 2 rings (SSSR count). The minimum Gasteiger partial charge on any atom is -0.465 e. The zero-order valence-corrected chi connectivity index (χ0v) is 15.4. The fraction of sp³-hybridized carbons (Fsp3) is 0.455. The molecule has 0 aliphatic carbocycles. The predicted molar refractivity (Wildman–Crippen MR) is 101 cm³/mol. The van der Waals surface area contributed by atoms with Gasteiger partial charge in [-0.1, -0.05) is 50.2 Å². The molecule has 0 fully saturated rings. The Morgan fingerprint density at radius 3 is 2.33 bits per heavy atom. The van der Waals surface area contributed by atoms with Crippen molar-refractivity contribution in [2.45, 2.75) is 59.2 Å². The van der Waals surface area contributed by atoms with Crippen molar-refractivity contribution in [3.05, 3.63) is 65.2 Å². The van der Waals surface area contributed by atoms with Gasteiger partial charge in [-0.2, -0.15) is 0 Å². The minimum atomic E-state index is -0.226. The lowest BCUT2D eigenvalue weighted by Gasteiger charge is -2.16. The van der Waals surface area contributed by atoms with Crippen LogP contribution in [0, 0.1) is 6.92 Å². The van der Waals surface area contributed by atoms with Gasteiger partial charge in [-0.15, -0.1) is 0 Å². The van der Waals surface area contributed by atoms with E-state index in [-0.39, 0.29) is 6.29 Å². The van der Waals surface area contributed by atoms with Crippen LogP contribution in [0.1, 0.15) is 56.2 Å². The summed E-state index contributed by atoms with van der Waals surface area (Å²) in [6.07, 6.45) is 2.98. The molecule has 0 spiro atoms. The minimum absolute atomic E-state index is 0.226. The highest BCUT2D eigenvalue weighted by Gasteiger charge is 2.06. The smallest absolute Gasteiger partial charge is 0.196 e. The van der Waals surface area contributed by atoms with Crippen molar-refractivity contribution in [2.24, 2.45) is 0 Å². The molecule has 2 aromatic carbocycles. The molecule has 2 unspecified atom stereocenters. The fourth-order valence-corrected chi connectivity index (χ4v) is 2.74. The number of aryl methyl sites for hydroxylation is 2. The summed E-state index contributed by atoms with van der Waals surface area (Å²) in [6.45, 7) is 9.28. The van der Waals surface area contributed by atoms with Gasteiger partial charge in [-0.3, -0.25) is 0 Å². The second kappa shape index (κ2) is 9.48. The van der Waals surface area contributed by atoms with Crippen LogP contribution in [0.3, 0.4) is 0 Å². The van der Waals surface area contributed by atoms with Gasteiger partial charge >= 0.3 is 0 Å². The molecule has 0 N–H and O–H groups in total. The van der Waals surface area contributed by atoms with E-state index in [0.29, 0.717) is 12.5 Å². The second-order valence-electron chi connectivity index (χ2n) is 6.46. The zero-order valence-electron chi connectivity index (χ0n) is 15.4. The summed E-state index contributed by atoms with van der Waals surface area (Å²) in [5.74, 6) is 1.46. The molecule has 130 valence electrons. The highest BCUT2D eigenvalue weighted by atomic mass is 16.7. The second-order valence-corrected chi connectivity index (χ2v) is 6.46. The Kier molecular flexibility index (Phi) is 7.33. The van der Waals surface area contributed by atoms with Crippen LogP contribution in [0.15, 0.2) is 48.5 Å². The van der Waals surface area contributed by atoms with E-state index < -0.39 is 0 Å². The van der Waals surface area contributed by atoms with Crippen molar-refractivity contribution in [3.8, 4) is 5.75 Å². The maximum atomic E-state index is 5.84. The third-order valence-corrected chi connectivity index (χ3v) is 4.57. The van der Waals surface area contributed by atoms with Crippen LogP contribution in [-0.4, -0.2) is 12.9 Å². The van der Waals surface area contributed by atoms with Gasteiger partial charge in [0.15, 0.2) is 6.29 Å². The van der Waals surface area contributed by atoms with Gasteiger partial charge in [-0.25, -0.2) is 0 Å². The lowest BCUT2D eigenvalue weighted by atomic mass is 9.99. The number of hydrogen-bond acceptors (Lipinski definition) is 2. The van der Waals surface area contributed by atoms with Gasteiger partial charge in [0.2, 0.25) is 0 Å². The van der Waals surface area contributed by atoms with Crippen LogP contribution in [-0.2, 0) is 11.2 Å². The van der Waals surface area contributed by atoms with Gasteiger partial charge in [0.05, 0.1) is 6.61 Å². The SMILES string of the molecule is CCC(C)c1ccc(OC(C)OCCCc2ccccc2C)cc1. The van der Waals surface area contributed by atoms with Crippen LogP contribution in [0.25, 0.3) is 0 Å². The first-order valence-electron chi connectivity index (χ1n) is 9.03. The average molecular weight is 326 g/mol. The number of hydrogen-bond donors (Lipinski definition) is 0. The molecule has 0 heterocycles. The van der Waals surface area contributed by atoms with E-state index in [4.69, 9.17) is 9.47 Å². The summed E-state index contributed by atoms with van der Waals surface area (Å²) < 4.78 is 11.6. The van der Waals surface area contributed by atoms with Gasteiger partial charge in [-0.05, 0) is 67.9 Å². The molecule has 0 amide bonds. The van der Waals surface area contributed by atoms with Crippen LogP contribution in [0.5, 0.6) is 5.75 Å². The van der Waals surface area contributed by atoms with Crippen molar-refractivity contribution < 1.29 is 9.47 Å². The normalized spacial score (nSPS) is 13.5. The lowest BCUT2D eigenvalue weighted by Crippen LogP contribution is -2.17. The molecule has 0 saturated carbocycles. The van der Waals surface area contributed by atoms with Gasteiger partial charge in [0.25, 0.3) is 0 Å². The van der Waals surface area contributed by atoms with Crippen molar-refractivity contribution in [1.82, 2.24) is 0 Å². The van der Waals surface area contributed by atoms with Crippen molar-refractivity contribution in [2.75, 3.05) is 6.61 Å². The molecule has 24 heavy (non-hydrogen) atoms. The molecule has 0 saturated heterocycles. The Labute approximate surface area is 146 Å². The Hall–Kier alpha value is -1.80. The highest BCUT2D eigenvalue weighted by Crippen LogP contribution is 2.22. The van der Waals surface area contributed by atoms with Crippen LogP contribution in [0.2, 0.25) is 0 Å². The van der Waals surface area contributed by atoms with Crippen molar-refractivity contribution >= 4 is 0 Å². The molecule has 2 atom stereocenters. The lowest BCUT2D eigenvalue weighted by molar-refractivity contribution is -0.0672. The molecule has 2 aromatic rings. The van der Waals surface area contributed by atoms with E-state index in [2.05, 4.69) is 57.2 Å². The number of ether oxygens (including phenoxy) is 2. The molecular formula is C22H30O2. The summed E-state index contributed by atoms with van der Waals surface area (Å²) in [6, 6.07) is 16.9. The Balaban J connectivity index is 1.71. The molecule has 0 aliphatic rings. The Morgan fingerprint density at radius 2 is 1.67 bits per heavy atom. The highest BCUT2D eigenvalue weighted by molar-refractivity contribution is 5.29. The Morgan fingerprint density at radius 1 is 0.958 bits per heavy atom. The maximum Gasteiger partial charge on any atom is 0.196 e. The first-order chi connectivity index (χ1) is 11.6. The van der Waals surface area contributed by atoms with Crippen LogP contribution >= 0.6 is 0 Å². The van der Waals surface area contributed by atoms with E-state index in [1.54, 1.807) is 0 Å². The predicted octanol–water partition coefficient (Wildman–Crippen LogP) is 5.88. The topological polar surface area (TPSA) is 18.5 Å². The first kappa shape index (κ1) is 18.5. The largest absolute Gasteiger partial charge is 0.465 e. The third-order valence-electron chi connectivity index (χ3n) is 4.57. The molecule has 0 aliphatic heterocycles. The van der Waals surface area contributed by atoms with E-state index in [1.165, 1.54) is 16.7 Å². The van der Waals surface area contributed by atoms with Crippen molar-refractivity contribution in [3.63, 3.8) is 0 Å². The number of rotatable bonds is 9. The van der Waals surface area contributed by atoms with Crippen LogP contribution in [0.4, 0.5) is 0 Å². The van der Waals surface area contributed by atoms with E-state index >= 15 is 0 Å². The zero-order chi connectivity index (χ0) is 17.4. The van der Waals surface area contributed by atoms with Gasteiger partial charge < -0.3 is 9.47 Å². The molecule has 0 aromatic heterocycles. The van der Waals surface area contributed by atoms with Gasteiger partial charge in [0.1, 0.15) is 5.75 Å². The summed E-state index contributed by atoms with van der Waals surface area (Å²) in [7, 11) is 0. The fourth-order valence-electron chi connectivity index (χ4n) is 2.74. The standard InChI is InChI=1S/C22H30O2/c1-5-17(2)21-12-14-22(15-13-21)24-19(4)23-16-8-11-20-10-7-6-9-18(20)3/h6-7,9-10,12-15,17,19H,5,8,11,16H2,1-4H3. The molecule has 2 nitrogen and oxygen atoms in total. The summed E-state index contributed by atoms with van der Waals surface area (Å²) in [5, 5.41) is 0. The molecule has 0 radical (unpaired) electrons.